The zero-order valence-corrected chi connectivity index (χ0v) is 20.1. The van der Waals surface area contributed by atoms with E-state index in [0.717, 1.165) is 39.3 Å². The number of morpholine rings is 1. The summed E-state index contributed by atoms with van der Waals surface area (Å²) in [7, 11) is 0. The van der Waals surface area contributed by atoms with E-state index in [0.29, 0.717) is 50.7 Å². The van der Waals surface area contributed by atoms with Gasteiger partial charge >= 0.3 is 0 Å². The molecule has 0 atom stereocenters. The van der Waals surface area contributed by atoms with Crippen molar-refractivity contribution in [3.05, 3.63) is 69.8 Å². The maximum atomic E-state index is 13.3. The van der Waals surface area contributed by atoms with Crippen molar-refractivity contribution in [3.8, 4) is 11.4 Å². The van der Waals surface area contributed by atoms with Crippen LogP contribution in [-0.4, -0.2) is 57.4 Å². The lowest BCUT2D eigenvalue weighted by molar-refractivity contribution is 0.0368. The molecule has 0 bridgehead atoms. The number of thioether (sulfide) groups is 1. The number of halogens is 1. The SMILES string of the molecule is O=c1c2ccccc2nc(SCc2nc(-c3ccccc3Cl)no2)n1CCCN1CCOCC1. The Hall–Kier alpha value is -2.72. The zero-order valence-electron chi connectivity index (χ0n) is 18.5. The molecule has 0 amide bonds. The van der Waals surface area contributed by atoms with Gasteiger partial charge in [-0.05, 0) is 30.7 Å². The lowest BCUT2D eigenvalue weighted by Crippen LogP contribution is -2.37. The Labute approximate surface area is 205 Å². The van der Waals surface area contributed by atoms with Gasteiger partial charge < -0.3 is 9.26 Å². The van der Waals surface area contributed by atoms with Crippen molar-refractivity contribution in [3.63, 3.8) is 0 Å². The average molecular weight is 498 g/mol. The maximum Gasteiger partial charge on any atom is 0.262 e. The van der Waals surface area contributed by atoms with Crippen LogP contribution in [-0.2, 0) is 17.0 Å². The molecule has 4 aromatic rings. The lowest BCUT2D eigenvalue weighted by Gasteiger charge is -2.26. The number of para-hydroxylation sites is 1. The van der Waals surface area contributed by atoms with Crippen LogP contribution in [0.15, 0.2) is 63.0 Å². The maximum absolute atomic E-state index is 13.3. The van der Waals surface area contributed by atoms with Crippen LogP contribution in [0.2, 0.25) is 5.02 Å². The van der Waals surface area contributed by atoms with E-state index in [4.69, 9.17) is 25.8 Å². The Morgan fingerprint density at radius 1 is 1.00 bits per heavy atom. The van der Waals surface area contributed by atoms with E-state index in [2.05, 4.69) is 15.0 Å². The number of rotatable bonds is 8. The van der Waals surface area contributed by atoms with E-state index < -0.39 is 0 Å². The Kier molecular flexibility index (Phi) is 7.24. The van der Waals surface area contributed by atoms with Crippen LogP contribution in [0.25, 0.3) is 22.3 Å². The first kappa shape index (κ1) is 23.0. The predicted octanol–water partition coefficient (Wildman–Crippen LogP) is 4.11. The second-order valence-corrected chi connectivity index (χ2v) is 9.31. The topological polar surface area (TPSA) is 86.3 Å². The Balaban J connectivity index is 1.35. The second kappa shape index (κ2) is 10.7. The molecular formula is C24H24ClN5O3S. The first-order valence-electron chi connectivity index (χ1n) is 11.2. The summed E-state index contributed by atoms with van der Waals surface area (Å²) in [6.45, 7) is 4.88. The Bertz CT molecular complexity index is 1340. The number of hydrogen-bond acceptors (Lipinski definition) is 8. The smallest absolute Gasteiger partial charge is 0.262 e. The highest BCUT2D eigenvalue weighted by atomic mass is 35.5. The summed E-state index contributed by atoms with van der Waals surface area (Å²) in [5.74, 6) is 1.28. The van der Waals surface area contributed by atoms with Gasteiger partial charge in [0.15, 0.2) is 5.16 Å². The summed E-state index contributed by atoms with van der Waals surface area (Å²) >= 11 is 7.67. The van der Waals surface area contributed by atoms with Gasteiger partial charge in [0.25, 0.3) is 5.56 Å². The standard InChI is InChI=1S/C24H24ClN5O3S/c25-19-8-3-1-6-17(19)22-27-21(33-28-22)16-34-24-26-20-9-4-2-7-18(20)23(31)30(24)11-5-10-29-12-14-32-15-13-29/h1-4,6-9H,5,10-16H2. The number of aromatic nitrogens is 4. The number of nitrogens with zero attached hydrogens (tertiary/aromatic N) is 5. The fourth-order valence-corrected chi connectivity index (χ4v) is 5.01. The molecule has 0 N–H and O–H groups in total. The zero-order chi connectivity index (χ0) is 23.3. The van der Waals surface area contributed by atoms with Crippen LogP contribution in [0, 0.1) is 0 Å². The van der Waals surface area contributed by atoms with Crippen LogP contribution < -0.4 is 5.56 Å². The third-order valence-corrected chi connectivity index (χ3v) is 6.98. The van der Waals surface area contributed by atoms with Gasteiger partial charge in [-0.1, -0.05) is 52.8 Å². The van der Waals surface area contributed by atoms with Gasteiger partial charge in [-0.3, -0.25) is 14.3 Å². The molecule has 34 heavy (non-hydrogen) atoms. The lowest BCUT2D eigenvalue weighted by atomic mass is 10.2. The first-order valence-corrected chi connectivity index (χ1v) is 12.6. The van der Waals surface area contributed by atoms with Crippen molar-refractivity contribution < 1.29 is 9.26 Å². The number of fused-ring (bicyclic) bond motifs is 1. The van der Waals surface area contributed by atoms with E-state index in [1.807, 2.05) is 42.5 Å². The molecule has 2 aromatic carbocycles. The number of hydrogen-bond donors (Lipinski definition) is 0. The molecule has 1 saturated heterocycles. The molecule has 10 heteroatoms. The van der Waals surface area contributed by atoms with E-state index in [-0.39, 0.29) is 5.56 Å². The Morgan fingerprint density at radius 3 is 2.65 bits per heavy atom. The first-order chi connectivity index (χ1) is 16.7. The van der Waals surface area contributed by atoms with Gasteiger partial charge in [-0.15, -0.1) is 0 Å². The van der Waals surface area contributed by atoms with Gasteiger partial charge in [0.1, 0.15) is 0 Å². The fraction of sp³-hybridized carbons (Fsp3) is 0.333. The molecule has 1 aliphatic rings. The quantitative estimate of drug-likeness (QED) is 0.265. The predicted molar refractivity (Wildman–Crippen MR) is 132 cm³/mol. The third-order valence-electron chi connectivity index (χ3n) is 5.69. The molecular weight excluding hydrogens is 474 g/mol. The third kappa shape index (κ3) is 5.17. The molecule has 0 aliphatic carbocycles. The van der Waals surface area contributed by atoms with Crippen LogP contribution in [0.1, 0.15) is 12.3 Å². The van der Waals surface area contributed by atoms with Crippen molar-refractivity contribution in [1.82, 2.24) is 24.6 Å². The molecule has 1 aliphatic heterocycles. The molecule has 176 valence electrons. The minimum atomic E-state index is -0.0302. The molecule has 0 spiro atoms. The molecule has 3 heterocycles. The van der Waals surface area contributed by atoms with Crippen LogP contribution >= 0.6 is 23.4 Å². The molecule has 0 saturated carbocycles. The van der Waals surface area contributed by atoms with E-state index in [1.54, 1.807) is 10.6 Å². The number of ether oxygens (including phenoxy) is 1. The summed E-state index contributed by atoms with van der Waals surface area (Å²) in [6.07, 6.45) is 0.852. The van der Waals surface area contributed by atoms with Gasteiger partial charge in [0.05, 0.1) is 34.9 Å². The Morgan fingerprint density at radius 2 is 1.79 bits per heavy atom. The van der Waals surface area contributed by atoms with Gasteiger partial charge in [-0.2, -0.15) is 4.98 Å². The summed E-state index contributed by atoms with van der Waals surface area (Å²) in [5, 5.41) is 5.89. The normalized spacial score (nSPS) is 14.6. The van der Waals surface area contributed by atoms with Crippen molar-refractivity contribution in [2.75, 3.05) is 32.8 Å². The molecule has 0 radical (unpaired) electrons. The van der Waals surface area contributed by atoms with Gasteiger partial charge in [0, 0.05) is 31.7 Å². The van der Waals surface area contributed by atoms with E-state index >= 15 is 0 Å². The summed E-state index contributed by atoms with van der Waals surface area (Å²) < 4.78 is 12.6. The largest absolute Gasteiger partial charge is 0.379 e. The van der Waals surface area contributed by atoms with Crippen molar-refractivity contribution in [2.45, 2.75) is 23.9 Å². The molecule has 8 nitrogen and oxygen atoms in total. The monoisotopic (exact) mass is 497 g/mol. The van der Waals surface area contributed by atoms with Crippen molar-refractivity contribution in [2.24, 2.45) is 0 Å². The average Bonchev–Trinajstić information content (AvgIpc) is 3.34. The highest BCUT2D eigenvalue weighted by Crippen LogP contribution is 2.27. The van der Waals surface area contributed by atoms with Crippen LogP contribution in [0.4, 0.5) is 0 Å². The molecule has 0 unspecified atom stereocenters. The highest BCUT2D eigenvalue weighted by molar-refractivity contribution is 7.98. The minimum Gasteiger partial charge on any atom is -0.379 e. The summed E-state index contributed by atoms with van der Waals surface area (Å²) in [5.41, 5.74) is 1.37. The van der Waals surface area contributed by atoms with E-state index in [9.17, 15) is 4.79 Å². The molecule has 1 fully saturated rings. The van der Waals surface area contributed by atoms with Crippen molar-refractivity contribution >= 4 is 34.3 Å². The fourth-order valence-electron chi connectivity index (χ4n) is 3.92. The minimum absolute atomic E-state index is 0.0302. The van der Waals surface area contributed by atoms with E-state index in [1.165, 1.54) is 11.8 Å². The van der Waals surface area contributed by atoms with Crippen LogP contribution in [0.5, 0.6) is 0 Å². The summed E-state index contributed by atoms with van der Waals surface area (Å²) in [4.78, 5) is 24.9. The van der Waals surface area contributed by atoms with Crippen LogP contribution in [0.3, 0.4) is 0 Å². The highest BCUT2D eigenvalue weighted by Gasteiger charge is 2.16. The van der Waals surface area contributed by atoms with Gasteiger partial charge in [0.2, 0.25) is 11.7 Å². The number of benzene rings is 2. The molecule has 2 aromatic heterocycles. The summed E-state index contributed by atoms with van der Waals surface area (Å²) in [6, 6.07) is 14.8. The second-order valence-electron chi connectivity index (χ2n) is 7.96. The van der Waals surface area contributed by atoms with Crippen molar-refractivity contribution in [1.29, 1.82) is 0 Å². The van der Waals surface area contributed by atoms with Gasteiger partial charge in [-0.25, -0.2) is 4.98 Å². The molecule has 5 rings (SSSR count).